The topological polar surface area (TPSA) is 32.5 Å². The van der Waals surface area contributed by atoms with E-state index in [1.54, 1.807) is 0 Å². The highest BCUT2D eigenvalue weighted by molar-refractivity contribution is 4.61. The van der Waals surface area contributed by atoms with Crippen LogP contribution in [0.15, 0.2) is 0 Å². The van der Waals surface area contributed by atoms with Crippen molar-refractivity contribution in [3.8, 4) is 0 Å². The van der Waals surface area contributed by atoms with E-state index in [1.165, 1.54) is 19.4 Å². The Balaban J connectivity index is 3.46. The van der Waals surface area contributed by atoms with E-state index in [-0.39, 0.29) is 0 Å². The summed E-state index contributed by atoms with van der Waals surface area (Å²) in [4.78, 5) is 4.61. The zero-order valence-electron chi connectivity index (χ0n) is 10.3. The quantitative estimate of drug-likeness (QED) is 0.632. The molecule has 0 spiro atoms. The van der Waals surface area contributed by atoms with Crippen molar-refractivity contribution < 1.29 is 0 Å². The summed E-state index contributed by atoms with van der Waals surface area (Å²) in [6.45, 7) is 6.50. The lowest BCUT2D eigenvalue weighted by Gasteiger charge is -2.21. The fourth-order valence-corrected chi connectivity index (χ4v) is 1.37. The minimum atomic E-state index is 0.705. The van der Waals surface area contributed by atoms with Crippen molar-refractivity contribution >= 4 is 0 Å². The van der Waals surface area contributed by atoms with Crippen LogP contribution in [-0.2, 0) is 0 Å². The second-order valence-electron chi connectivity index (χ2n) is 4.41. The summed E-state index contributed by atoms with van der Waals surface area (Å²) < 4.78 is 0. The van der Waals surface area contributed by atoms with Gasteiger partial charge in [0.25, 0.3) is 0 Å². The number of rotatable bonds is 8. The van der Waals surface area contributed by atoms with Crippen molar-refractivity contribution in [2.75, 3.05) is 47.3 Å². The van der Waals surface area contributed by atoms with Gasteiger partial charge in [-0.1, -0.05) is 13.3 Å². The molecule has 0 saturated carbocycles. The maximum atomic E-state index is 5.66. The Bertz CT molecular complexity index is 122. The lowest BCUT2D eigenvalue weighted by Crippen LogP contribution is -2.31. The first-order valence-electron chi connectivity index (χ1n) is 5.63. The van der Waals surface area contributed by atoms with Gasteiger partial charge in [-0.05, 0) is 46.6 Å². The number of nitrogens with two attached hydrogens (primary N) is 1. The van der Waals surface area contributed by atoms with Gasteiger partial charge in [-0.25, -0.2) is 0 Å². The van der Waals surface area contributed by atoms with Crippen LogP contribution in [0.5, 0.6) is 0 Å². The van der Waals surface area contributed by atoms with Crippen molar-refractivity contribution in [1.82, 2.24) is 9.80 Å². The fraction of sp³-hybridized carbons (Fsp3) is 1.00. The van der Waals surface area contributed by atoms with Crippen molar-refractivity contribution in [2.45, 2.75) is 19.8 Å². The van der Waals surface area contributed by atoms with E-state index in [0.29, 0.717) is 5.92 Å². The predicted octanol–water partition coefficient (Wildman–Crippen LogP) is 0.855. The van der Waals surface area contributed by atoms with Crippen LogP contribution in [0.1, 0.15) is 19.8 Å². The van der Waals surface area contributed by atoms with E-state index in [4.69, 9.17) is 5.73 Å². The smallest absolute Gasteiger partial charge is 0.0106 e. The summed E-state index contributed by atoms with van der Waals surface area (Å²) in [6.07, 6.45) is 2.44. The molecule has 0 aromatic heterocycles. The molecule has 0 rings (SSSR count). The van der Waals surface area contributed by atoms with E-state index in [2.05, 4.69) is 37.9 Å². The lowest BCUT2D eigenvalue weighted by atomic mass is 10.0. The molecule has 0 amide bonds. The van der Waals surface area contributed by atoms with Crippen molar-refractivity contribution in [1.29, 1.82) is 0 Å². The van der Waals surface area contributed by atoms with Gasteiger partial charge in [-0.2, -0.15) is 0 Å². The van der Waals surface area contributed by atoms with Gasteiger partial charge in [0.05, 0.1) is 0 Å². The summed E-state index contributed by atoms with van der Waals surface area (Å²) in [5, 5.41) is 0. The molecule has 0 aliphatic rings. The van der Waals surface area contributed by atoms with Gasteiger partial charge >= 0.3 is 0 Å². The van der Waals surface area contributed by atoms with E-state index in [1.807, 2.05) is 0 Å². The van der Waals surface area contributed by atoms with Gasteiger partial charge < -0.3 is 15.5 Å². The molecule has 0 aliphatic heterocycles. The zero-order chi connectivity index (χ0) is 11.0. The average molecular weight is 201 g/mol. The molecule has 1 unspecified atom stereocenters. The number of hydrogen-bond acceptors (Lipinski definition) is 3. The van der Waals surface area contributed by atoms with Crippen molar-refractivity contribution in [3.05, 3.63) is 0 Å². The molecule has 3 nitrogen and oxygen atoms in total. The summed E-state index contributed by atoms with van der Waals surface area (Å²) in [5.74, 6) is 0.705. The van der Waals surface area contributed by atoms with Gasteiger partial charge in [0, 0.05) is 13.1 Å². The highest BCUT2D eigenvalue weighted by atomic mass is 15.1. The minimum absolute atomic E-state index is 0.705. The molecule has 0 aromatic rings. The predicted molar refractivity (Wildman–Crippen MR) is 63.5 cm³/mol. The molecule has 0 radical (unpaired) electrons. The second-order valence-corrected chi connectivity index (χ2v) is 4.41. The Labute approximate surface area is 89.2 Å². The molecule has 1 atom stereocenters. The first kappa shape index (κ1) is 13.9. The summed E-state index contributed by atoms with van der Waals surface area (Å²) in [5.41, 5.74) is 5.66. The van der Waals surface area contributed by atoms with E-state index < -0.39 is 0 Å². The van der Waals surface area contributed by atoms with Crippen molar-refractivity contribution in [2.24, 2.45) is 11.7 Å². The van der Waals surface area contributed by atoms with Crippen molar-refractivity contribution in [3.63, 3.8) is 0 Å². The largest absolute Gasteiger partial charge is 0.330 e. The molecular weight excluding hydrogens is 174 g/mol. The highest BCUT2D eigenvalue weighted by Gasteiger charge is 2.05. The molecule has 3 heteroatoms. The summed E-state index contributed by atoms with van der Waals surface area (Å²) in [7, 11) is 6.41. The van der Waals surface area contributed by atoms with E-state index in [9.17, 15) is 0 Å². The standard InChI is InChI=1S/C11H27N3/c1-5-11(10-12)6-7-14(4)9-8-13(2)3/h11H,5-10,12H2,1-4H3. The van der Waals surface area contributed by atoms with Gasteiger partial charge in [-0.3, -0.25) is 0 Å². The maximum absolute atomic E-state index is 5.66. The van der Waals surface area contributed by atoms with Crippen LogP contribution >= 0.6 is 0 Å². The van der Waals surface area contributed by atoms with Crippen LogP contribution in [0.25, 0.3) is 0 Å². The maximum Gasteiger partial charge on any atom is 0.0106 e. The van der Waals surface area contributed by atoms with Gasteiger partial charge in [0.15, 0.2) is 0 Å². The molecule has 0 saturated heterocycles. The first-order valence-corrected chi connectivity index (χ1v) is 5.63. The molecule has 0 heterocycles. The summed E-state index contributed by atoms with van der Waals surface area (Å²) >= 11 is 0. The normalized spacial score (nSPS) is 13.9. The van der Waals surface area contributed by atoms with Crippen LogP contribution in [0.4, 0.5) is 0 Å². The molecule has 86 valence electrons. The Morgan fingerprint density at radius 1 is 1.07 bits per heavy atom. The number of hydrogen-bond donors (Lipinski definition) is 1. The molecule has 0 fully saturated rings. The third kappa shape index (κ3) is 7.30. The highest BCUT2D eigenvalue weighted by Crippen LogP contribution is 2.06. The molecule has 14 heavy (non-hydrogen) atoms. The van der Waals surface area contributed by atoms with Gasteiger partial charge in [-0.15, -0.1) is 0 Å². The number of likely N-dealkylation sites (N-methyl/N-ethyl adjacent to an activating group) is 2. The van der Waals surface area contributed by atoms with E-state index >= 15 is 0 Å². The molecule has 0 aliphatic carbocycles. The Hall–Kier alpha value is -0.120. The molecular formula is C11H27N3. The first-order chi connectivity index (χ1) is 6.60. The average Bonchev–Trinajstić information content (AvgIpc) is 2.16. The molecule has 2 N–H and O–H groups in total. The van der Waals surface area contributed by atoms with Crippen LogP contribution in [0, 0.1) is 5.92 Å². The Morgan fingerprint density at radius 3 is 2.14 bits per heavy atom. The SMILES string of the molecule is CCC(CN)CCN(C)CCN(C)C. The van der Waals surface area contributed by atoms with Gasteiger partial charge in [0.2, 0.25) is 0 Å². The Morgan fingerprint density at radius 2 is 1.71 bits per heavy atom. The Kier molecular flexibility index (Phi) is 8.14. The lowest BCUT2D eigenvalue weighted by molar-refractivity contribution is 0.263. The van der Waals surface area contributed by atoms with Crippen LogP contribution in [-0.4, -0.2) is 57.1 Å². The molecule has 0 aromatic carbocycles. The number of nitrogens with zero attached hydrogens (tertiary/aromatic N) is 2. The second kappa shape index (κ2) is 8.21. The minimum Gasteiger partial charge on any atom is -0.330 e. The molecule has 0 bridgehead atoms. The van der Waals surface area contributed by atoms with Gasteiger partial charge in [0.1, 0.15) is 0 Å². The van der Waals surface area contributed by atoms with Crippen LogP contribution in [0.2, 0.25) is 0 Å². The van der Waals surface area contributed by atoms with E-state index in [0.717, 1.165) is 19.6 Å². The third-order valence-electron chi connectivity index (χ3n) is 2.76. The monoisotopic (exact) mass is 201 g/mol. The third-order valence-corrected chi connectivity index (χ3v) is 2.76. The fourth-order valence-electron chi connectivity index (χ4n) is 1.37. The zero-order valence-corrected chi connectivity index (χ0v) is 10.3. The van der Waals surface area contributed by atoms with Crippen LogP contribution < -0.4 is 5.73 Å². The summed E-state index contributed by atoms with van der Waals surface area (Å²) in [6, 6.07) is 0. The van der Waals surface area contributed by atoms with Crippen LogP contribution in [0.3, 0.4) is 0 Å².